The van der Waals surface area contributed by atoms with E-state index in [1.807, 2.05) is 6.07 Å². The van der Waals surface area contributed by atoms with Gasteiger partial charge < -0.3 is 19.3 Å². The van der Waals surface area contributed by atoms with Gasteiger partial charge in [0.1, 0.15) is 5.75 Å². The molecule has 0 radical (unpaired) electrons. The van der Waals surface area contributed by atoms with E-state index in [0.717, 1.165) is 17.7 Å². The maximum atomic E-state index is 9.31. The molecule has 0 spiro atoms. The molecule has 1 rings (SSSR count). The molecule has 0 heterocycles. The van der Waals surface area contributed by atoms with E-state index in [2.05, 4.69) is 0 Å². The summed E-state index contributed by atoms with van der Waals surface area (Å²) in [5.41, 5.74) is 1.01. The molecule has 96 valence electrons. The molecule has 0 aliphatic carbocycles. The highest BCUT2D eigenvalue weighted by atomic mass is 16.5. The third kappa shape index (κ3) is 3.53. The Labute approximate surface area is 102 Å². The first-order valence-corrected chi connectivity index (χ1v) is 5.59. The molecule has 0 amide bonds. The van der Waals surface area contributed by atoms with Crippen molar-refractivity contribution >= 4 is 0 Å². The van der Waals surface area contributed by atoms with Gasteiger partial charge in [-0.2, -0.15) is 0 Å². The number of aliphatic hydroxyl groups is 1. The van der Waals surface area contributed by atoms with Crippen molar-refractivity contribution in [3.63, 3.8) is 0 Å². The van der Waals surface area contributed by atoms with E-state index in [1.165, 1.54) is 0 Å². The summed E-state index contributed by atoms with van der Waals surface area (Å²) in [6, 6.07) is 3.69. The lowest BCUT2D eigenvalue weighted by molar-refractivity contribution is 0.184. The van der Waals surface area contributed by atoms with E-state index in [1.54, 1.807) is 34.3 Å². The standard InChI is InChI=1S/C13H20O4/c1-9(14)5-6-10-7-12(16-3)13(17-4)8-11(10)15-2/h7-9,14H,5-6H2,1-4H3/t9-/m1/s1. The van der Waals surface area contributed by atoms with Gasteiger partial charge >= 0.3 is 0 Å². The highest BCUT2D eigenvalue weighted by Gasteiger charge is 2.12. The molecule has 0 unspecified atom stereocenters. The largest absolute Gasteiger partial charge is 0.496 e. The van der Waals surface area contributed by atoms with Gasteiger partial charge in [-0.05, 0) is 31.4 Å². The van der Waals surface area contributed by atoms with Gasteiger partial charge in [0.2, 0.25) is 0 Å². The van der Waals surface area contributed by atoms with Crippen LogP contribution in [0.25, 0.3) is 0 Å². The van der Waals surface area contributed by atoms with Crippen molar-refractivity contribution in [2.24, 2.45) is 0 Å². The summed E-state index contributed by atoms with van der Waals surface area (Å²) in [4.78, 5) is 0. The fourth-order valence-corrected chi connectivity index (χ4v) is 1.65. The Morgan fingerprint density at radius 1 is 1.00 bits per heavy atom. The molecule has 1 N–H and O–H groups in total. The Morgan fingerprint density at radius 3 is 2.00 bits per heavy atom. The molecule has 17 heavy (non-hydrogen) atoms. The van der Waals surface area contributed by atoms with Gasteiger partial charge in [-0.15, -0.1) is 0 Å². The first-order valence-electron chi connectivity index (χ1n) is 5.59. The van der Waals surface area contributed by atoms with Crippen molar-refractivity contribution in [1.29, 1.82) is 0 Å². The summed E-state index contributed by atoms with van der Waals surface area (Å²) in [6.07, 6.45) is 1.10. The maximum absolute atomic E-state index is 9.31. The van der Waals surface area contributed by atoms with Crippen LogP contribution in [0, 0.1) is 0 Å². The molecule has 0 aliphatic rings. The van der Waals surface area contributed by atoms with Crippen LogP contribution in [0.3, 0.4) is 0 Å². The predicted molar refractivity (Wildman–Crippen MR) is 66.1 cm³/mol. The number of hydrogen-bond acceptors (Lipinski definition) is 4. The van der Waals surface area contributed by atoms with E-state index < -0.39 is 0 Å². The van der Waals surface area contributed by atoms with Crippen LogP contribution in [0.4, 0.5) is 0 Å². The predicted octanol–water partition coefficient (Wildman–Crippen LogP) is 2.03. The summed E-state index contributed by atoms with van der Waals surface area (Å²) < 4.78 is 15.7. The average molecular weight is 240 g/mol. The molecule has 0 fully saturated rings. The Morgan fingerprint density at radius 2 is 1.53 bits per heavy atom. The lowest BCUT2D eigenvalue weighted by Crippen LogP contribution is -2.03. The molecule has 0 bridgehead atoms. The van der Waals surface area contributed by atoms with Gasteiger partial charge in [0, 0.05) is 6.07 Å². The smallest absolute Gasteiger partial charge is 0.164 e. The van der Waals surface area contributed by atoms with E-state index in [9.17, 15) is 5.11 Å². The first kappa shape index (κ1) is 13.6. The second-order valence-corrected chi connectivity index (χ2v) is 3.91. The average Bonchev–Trinajstić information content (AvgIpc) is 2.34. The second-order valence-electron chi connectivity index (χ2n) is 3.91. The highest BCUT2D eigenvalue weighted by Crippen LogP contribution is 2.35. The van der Waals surface area contributed by atoms with E-state index >= 15 is 0 Å². The Hall–Kier alpha value is -1.42. The van der Waals surface area contributed by atoms with Crippen LogP contribution in [0.1, 0.15) is 18.9 Å². The van der Waals surface area contributed by atoms with E-state index in [-0.39, 0.29) is 6.10 Å². The van der Waals surface area contributed by atoms with Crippen LogP contribution in [-0.2, 0) is 6.42 Å². The number of aliphatic hydroxyl groups excluding tert-OH is 1. The van der Waals surface area contributed by atoms with Crippen molar-refractivity contribution in [2.45, 2.75) is 25.9 Å². The van der Waals surface area contributed by atoms with E-state index in [0.29, 0.717) is 17.9 Å². The summed E-state index contributed by atoms with van der Waals surface area (Å²) in [7, 11) is 4.81. The van der Waals surface area contributed by atoms with Gasteiger partial charge in [-0.3, -0.25) is 0 Å². The third-order valence-electron chi connectivity index (χ3n) is 2.62. The van der Waals surface area contributed by atoms with Crippen molar-refractivity contribution in [3.8, 4) is 17.2 Å². The Bertz CT molecular complexity index is 361. The molecule has 1 aromatic carbocycles. The molecule has 0 saturated carbocycles. The number of hydrogen-bond donors (Lipinski definition) is 1. The Kier molecular flexibility index (Phi) is 5.10. The fourth-order valence-electron chi connectivity index (χ4n) is 1.65. The highest BCUT2D eigenvalue weighted by molar-refractivity contribution is 5.50. The topological polar surface area (TPSA) is 47.9 Å². The summed E-state index contributed by atoms with van der Waals surface area (Å²) in [6.45, 7) is 1.77. The van der Waals surface area contributed by atoms with Crippen molar-refractivity contribution in [2.75, 3.05) is 21.3 Å². The quantitative estimate of drug-likeness (QED) is 0.826. The third-order valence-corrected chi connectivity index (χ3v) is 2.62. The minimum absolute atomic E-state index is 0.326. The van der Waals surface area contributed by atoms with Crippen molar-refractivity contribution in [3.05, 3.63) is 17.7 Å². The van der Waals surface area contributed by atoms with Crippen molar-refractivity contribution < 1.29 is 19.3 Å². The van der Waals surface area contributed by atoms with Gasteiger partial charge in [-0.25, -0.2) is 0 Å². The molecular weight excluding hydrogens is 220 g/mol. The number of rotatable bonds is 6. The van der Waals surface area contributed by atoms with Crippen LogP contribution in [-0.4, -0.2) is 32.5 Å². The van der Waals surface area contributed by atoms with Gasteiger partial charge in [-0.1, -0.05) is 0 Å². The molecule has 0 aliphatic heterocycles. The number of methoxy groups -OCH3 is 3. The fraction of sp³-hybridized carbons (Fsp3) is 0.538. The molecule has 0 saturated heterocycles. The van der Waals surface area contributed by atoms with Crippen LogP contribution in [0.5, 0.6) is 17.2 Å². The molecule has 1 atom stereocenters. The molecule has 4 nitrogen and oxygen atoms in total. The van der Waals surface area contributed by atoms with Crippen LogP contribution in [0.15, 0.2) is 12.1 Å². The minimum atomic E-state index is -0.326. The monoisotopic (exact) mass is 240 g/mol. The molecular formula is C13H20O4. The number of benzene rings is 1. The molecule has 4 heteroatoms. The van der Waals surface area contributed by atoms with Crippen molar-refractivity contribution in [1.82, 2.24) is 0 Å². The van der Waals surface area contributed by atoms with Crippen LogP contribution >= 0.6 is 0 Å². The zero-order chi connectivity index (χ0) is 12.8. The molecule has 1 aromatic rings. The number of ether oxygens (including phenoxy) is 3. The molecule has 0 aromatic heterocycles. The Balaban J connectivity index is 3.01. The second kappa shape index (κ2) is 6.35. The maximum Gasteiger partial charge on any atom is 0.164 e. The van der Waals surface area contributed by atoms with Gasteiger partial charge in [0.05, 0.1) is 27.4 Å². The summed E-state index contributed by atoms with van der Waals surface area (Å²) in [5.74, 6) is 2.07. The first-order chi connectivity index (χ1) is 8.12. The van der Waals surface area contributed by atoms with Crippen LogP contribution < -0.4 is 14.2 Å². The zero-order valence-corrected chi connectivity index (χ0v) is 10.8. The SMILES string of the molecule is COc1cc(OC)c(OC)cc1CC[C@@H](C)O. The van der Waals surface area contributed by atoms with Gasteiger partial charge in [0.15, 0.2) is 11.5 Å². The lowest BCUT2D eigenvalue weighted by atomic mass is 10.1. The summed E-state index contributed by atoms with van der Waals surface area (Å²) in [5, 5.41) is 9.31. The van der Waals surface area contributed by atoms with E-state index in [4.69, 9.17) is 14.2 Å². The zero-order valence-electron chi connectivity index (χ0n) is 10.8. The normalized spacial score (nSPS) is 12.1. The van der Waals surface area contributed by atoms with Gasteiger partial charge in [0.25, 0.3) is 0 Å². The lowest BCUT2D eigenvalue weighted by Gasteiger charge is -2.14. The van der Waals surface area contributed by atoms with Crippen LogP contribution in [0.2, 0.25) is 0 Å². The number of aryl methyl sites for hydroxylation is 1. The minimum Gasteiger partial charge on any atom is -0.496 e. The summed E-state index contributed by atoms with van der Waals surface area (Å²) >= 11 is 0.